The second kappa shape index (κ2) is 7.32. The Kier molecular flexibility index (Phi) is 5.21. The summed E-state index contributed by atoms with van der Waals surface area (Å²) in [4.78, 5) is 14.0. The lowest BCUT2D eigenvalue weighted by Crippen LogP contribution is -2.28. The van der Waals surface area contributed by atoms with Gasteiger partial charge in [-0.2, -0.15) is 0 Å². The lowest BCUT2D eigenvalue weighted by atomic mass is 10.2. The SMILES string of the molecule is COc1ccc(CNC(=S)Nc2ccc([N+](=O)[O-])cn2)cc1. The van der Waals surface area contributed by atoms with Gasteiger partial charge in [-0.3, -0.25) is 10.1 Å². The zero-order valence-electron chi connectivity index (χ0n) is 11.8. The molecule has 0 aliphatic heterocycles. The van der Waals surface area contributed by atoms with Crippen LogP contribution in [0.4, 0.5) is 11.5 Å². The first-order valence-electron chi connectivity index (χ1n) is 6.36. The van der Waals surface area contributed by atoms with E-state index in [1.54, 1.807) is 7.11 Å². The van der Waals surface area contributed by atoms with E-state index in [2.05, 4.69) is 15.6 Å². The van der Waals surface area contributed by atoms with Gasteiger partial charge in [-0.1, -0.05) is 12.1 Å². The number of hydrogen-bond acceptors (Lipinski definition) is 5. The molecule has 114 valence electrons. The van der Waals surface area contributed by atoms with Crippen molar-refractivity contribution in [2.75, 3.05) is 12.4 Å². The van der Waals surface area contributed by atoms with Crippen LogP contribution in [0.5, 0.6) is 5.75 Å². The van der Waals surface area contributed by atoms with Crippen LogP contribution in [0.1, 0.15) is 5.56 Å². The van der Waals surface area contributed by atoms with Crippen molar-refractivity contribution in [1.29, 1.82) is 0 Å². The minimum absolute atomic E-state index is 0.0670. The maximum Gasteiger partial charge on any atom is 0.287 e. The second-order valence-electron chi connectivity index (χ2n) is 4.31. The molecular formula is C14H14N4O3S. The minimum Gasteiger partial charge on any atom is -0.497 e. The number of nitro groups is 1. The number of rotatable bonds is 5. The molecule has 2 N–H and O–H groups in total. The number of aromatic nitrogens is 1. The Balaban J connectivity index is 1.85. The van der Waals surface area contributed by atoms with Gasteiger partial charge in [0.1, 0.15) is 17.8 Å². The Hall–Kier alpha value is -2.74. The smallest absolute Gasteiger partial charge is 0.287 e. The number of benzene rings is 1. The fraction of sp³-hybridized carbons (Fsp3) is 0.143. The number of thiocarbonyl (C=S) groups is 1. The molecule has 0 amide bonds. The van der Waals surface area contributed by atoms with Crippen LogP contribution in [0.25, 0.3) is 0 Å². The average Bonchev–Trinajstić information content (AvgIpc) is 2.54. The number of methoxy groups -OCH3 is 1. The van der Waals surface area contributed by atoms with Crippen molar-refractivity contribution in [2.24, 2.45) is 0 Å². The van der Waals surface area contributed by atoms with Crippen molar-refractivity contribution in [3.8, 4) is 5.75 Å². The van der Waals surface area contributed by atoms with Gasteiger partial charge in [0.2, 0.25) is 0 Å². The predicted molar refractivity (Wildman–Crippen MR) is 86.9 cm³/mol. The van der Waals surface area contributed by atoms with E-state index in [1.807, 2.05) is 24.3 Å². The average molecular weight is 318 g/mol. The number of anilines is 1. The molecule has 1 aromatic carbocycles. The molecule has 0 aliphatic rings. The summed E-state index contributed by atoms with van der Waals surface area (Å²) in [6.07, 6.45) is 1.18. The summed E-state index contributed by atoms with van der Waals surface area (Å²) in [6.45, 7) is 0.544. The van der Waals surface area contributed by atoms with E-state index in [0.29, 0.717) is 17.5 Å². The lowest BCUT2D eigenvalue weighted by Gasteiger charge is -2.10. The van der Waals surface area contributed by atoms with Crippen molar-refractivity contribution in [3.05, 3.63) is 58.3 Å². The molecule has 8 heteroatoms. The minimum atomic E-state index is -0.503. The molecule has 0 saturated heterocycles. The van der Waals surface area contributed by atoms with Gasteiger partial charge in [-0.25, -0.2) is 4.98 Å². The van der Waals surface area contributed by atoms with Crippen molar-refractivity contribution in [2.45, 2.75) is 6.54 Å². The third kappa shape index (κ3) is 4.38. The Bertz CT molecular complexity index is 659. The van der Waals surface area contributed by atoms with Gasteiger partial charge in [0.25, 0.3) is 5.69 Å². The van der Waals surface area contributed by atoms with Crippen LogP contribution in [0.2, 0.25) is 0 Å². The molecule has 0 bridgehead atoms. The van der Waals surface area contributed by atoms with Crippen LogP contribution < -0.4 is 15.4 Å². The summed E-state index contributed by atoms with van der Waals surface area (Å²) >= 11 is 5.15. The molecular weight excluding hydrogens is 304 g/mol. The molecule has 1 aromatic heterocycles. The van der Waals surface area contributed by atoms with Gasteiger partial charge in [0.05, 0.1) is 12.0 Å². The molecule has 22 heavy (non-hydrogen) atoms. The van der Waals surface area contributed by atoms with Crippen LogP contribution in [0.3, 0.4) is 0 Å². The molecule has 0 fully saturated rings. The number of hydrogen-bond donors (Lipinski definition) is 2. The van der Waals surface area contributed by atoms with E-state index in [1.165, 1.54) is 18.3 Å². The molecule has 7 nitrogen and oxygen atoms in total. The highest BCUT2D eigenvalue weighted by Gasteiger charge is 2.06. The maximum absolute atomic E-state index is 10.5. The molecule has 0 radical (unpaired) electrons. The fourth-order valence-electron chi connectivity index (χ4n) is 1.65. The number of ether oxygens (including phenoxy) is 1. The standard InChI is InChI=1S/C14H14N4O3S/c1-21-12-5-2-10(3-6-12)8-16-14(22)17-13-7-4-11(9-15-13)18(19)20/h2-7,9H,8H2,1H3,(H2,15,16,17,22). The first kappa shape index (κ1) is 15.6. The highest BCUT2D eigenvalue weighted by molar-refractivity contribution is 7.80. The highest BCUT2D eigenvalue weighted by Crippen LogP contribution is 2.12. The first-order valence-corrected chi connectivity index (χ1v) is 6.77. The maximum atomic E-state index is 10.5. The van der Waals surface area contributed by atoms with Crippen molar-refractivity contribution >= 4 is 28.8 Å². The lowest BCUT2D eigenvalue weighted by molar-refractivity contribution is -0.385. The van der Waals surface area contributed by atoms with Crippen LogP contribution in [-0.2, 0) is 6.54 Å². The van der Waals surface area contributed by atoms with E-state index in [-0.39, 0.29) is 5.69 Å². The van der Waals surface area contributed by atoms with Crippen molar-refractivity contribution in [1.82, 2.24) is 10.3 Å². The summed E-state index contributed by atoms with van der Waals surface area (Å²) in [7, 11) is 1.61. The second-order valence-corrected chi connectivity index (χ2v) is 4.72. The Morgan fingerprint density at radius 1 is 1.32 bits per heavy atom. The monoisotopic (exact) mass is 318 g/mol. The van der Waals surface area contributed by atoms with Gasteiger partial charge in [-0.05, 0) is 36.0 Å². The zero-order chi connectivity index (χ0) is 15.9. The van der Waals surface area contributed by atoms with Gasteiger partial charge in [0.15, 0.2) is 5.11 Å². The third-order valence-corrected chi connectivity index (χ3v) is 3.06. The Morgan fingerprint density at radius 3 is 2.59 bits per heavy atom. The van der Waals surface area contributed by atoms with Crippen molar-refractivity contribution in [3.63, 3.8) is 0 Å². The van der Waals surface area contributed by atoms with Crippen LogP contribution in [0.15, 0.2) is 42.6 Å². The number of nitrogens with zero attached hydrogens (tertiary/aromatic N) is 2. The molecule has 2 aromatic rings. The first-order chi connectivity index (χ1) is 10.6. The fourth-order valence-corrected chi connectivity index (χ4v) is 1.83. The normalized spacial score (nSPS) is 9.86. The summed E-state index contributed by atoms with van der Waals surface area (Å²) in [6, 6.07) is 10.5. The van der Waals surface area contributed by atoms with Crippen LogP contribution >= 0.6 is 12.2 Å². The number of nitrogens with one attached hydrogen (secondary N) is 2. The van der Waals surface area contributed by atoms with E-state index in [0.717, 1.165) is 11.3 Å². The van der Waals surface area contributed by atoms with Gasteiger partial charge >= 0.3 is 0 Å². The third-order valence-electron chi connectivity index (χ3n) is 2.81. The summed E-state index contributed by atoms with van der Waals surface area (Å²) < 4.78 is 5.09. The predicted octanol–water partition coefficient (Wildman–Crippen LogP) is 2.49. The van der Waals surface area contributed by atoms with Gasteiger partial charge in [-0.15, -0.1) is 0 Å². The Labute approximate surface area is 132 Å². The summed E-state index contributed by atoms with van der Waals surface area (Å²) in [5, 5.41) is 16.8. The Morgan fingerprint density at radius 2 is 2.05 bits per heavy atom. The van der Waals surface area contributed by atoms with E-state index in [9.17, 15) is 10.1 Å². The van der Waals surface area contributed by atoms with E-state index >= 15 is 0 Å². The largest absolute Gasteiger partial charge is 0.497 e. The molecule has 0 spiro atoms. The topological polar surface area (TPSA) is 89.3 Å². The van der Waals surface area contributed by atoms with Crippen LogP contribution in [0, 0.1) is 10.1 Å². The molecule has 0 unspecified atom stereocenters. The molecule has 1 heterocycles. The van der Waals surface area contributed by atoms with Crippen LogP contribution in [-0.4, -0.2) is 22.1 Å². The van der Waals surface area contributed by atoms with Crippen molar-refractivity contribution < 1.29 is 9.66 Å². The highest BCUT2D eigenvalue weighted by atomic mass is 32.1. The summed E-state index contributed by atoms with van der Waals surface area (Å²) in [5.41, 5.74) is 0.976. The molecule has 2 rings (SSSR count). The van der Waals surface area contributed by atoms with E-state index in [4.69, 9.17) is 17.0 Å². The molecule has 0 aliphatic carbocycles. The zero-order valence-corrected chi connectivity index (χ0v) is 12.6. The summed E-state index contributed by atoms with van der Waals surface area (Å²) in [5.74, 6) is 1.23. The van der Waals surface area contributed by atoms with E-state index < -0.39 is 4.92 Å². The van der Waals surface area contributed by atoms with Gasteiger partial charge in [0, 0.05) is 12.6 Å². The molecule has 0 saturated carbocycles. The quantitative estimate of drug-likeness (QED) is 0.497. The van der Waals surface area contributed by atoms with Gasteiger partial charge < -0.3 is 15.4 Å². The number of pyridine rings is 1. The molecule has 0 atom stereocenters.